The topological polar surface area (TPSA) is 69.2 Å². The zero-order chi connectivity index (χ0) is 24.9. The van der Waals surface area contributed by atoms with E-state index < -0.39 is 0 Å². The van der Waals surface area contributed by atoms with Crippen molar-refractivity contribution < 1.29 is 19.0 Å². The molecule has 35 heavy (non-hydrogen) atoms. The number of amides is 1. The third-order valence-electron chi connectivity index (χ3n) is 5.29. The van der Waals surface area contributed by atoms with Crippen molar-refractivity contribution in [2.24, 2.45) is 5.10 Å². The Morgan fingerprint density at radius 2 is 1.71 bits per heavy atom. The summed E-state index contributed by atoms with van der Waals surface area (Å²) in [5, 5.41) is 4.05. The third kappa shape index (κ3) is 8.76. The molecule has 0 bridgehead atoms. The number of aryl methyl sites for hydroxylation is 1. The van der Waals surface area contributed by atoms with Gasteiger partial charge in [0.2, 0.25) is 5.91 Å². The quantitative estimate of drug-likeness (QED) is 0.166. The van der Waals surface area contributed by atoms with Crippen LogP contribution in [0, 0.1) is 0 Å². The van der Waals surface area contributed by atoms with Crippen molar-refractivity contribution in [3.8, 4) is 17.2 Å². The predicted octanol–water partition coefficient (Wildman–Crippen LogP) is 5.95. The second-order valence-corrected chi connectivity index (χ2v) is 8.71. The van der Waals surface area contributed by atoms with E-state index in [0.717, 1.165) is 28.6 Å². The summed E-state index contributed by atoms with van der Waals surface area (Å²) in [6.07, 6.45) is 4.27. The zero-order valence-electron chi connectivity index (χ0n) is 20.1. The molecule has 0 heterocycles. The highest BCUT2D eigenvalue weighted by molar-refractivity contribution is 9.10. The fourth-order valence-electron chi connectivity index (χ4n) is 3.34. The lowest BCUT2D eigenvalue weighted by Gasteiger charge is -2.11. The normalized spacial score (nSPS) is 10.8. The minimum absolute atomic E-state index is 0.168. The highest BCUT2D eigenvalue weighted by Gasteiger charge is 2.06. The number of hydrogen-bond acceptors (Lipinski definition) is 5. The molecule has 0 aliphatic carbocycles. The molecule has 1 N–H and O–H groups in total. The van der Waals surface area contributed by atoms with E-state index in [1.807, 2.05) is 48.5 Å². The van der Waals surface area contributed by atoms with Crippen LogP contribution in [0.25, 0.3) is 0 Å². The molecule has 7 heteroatoms. The van der Waals surface area contributed by atoms with Crippen molar-refractivity contribution in [2.75, 3.05) is 20.3 Å². The van der Waals surface area contributed by atoms with E-state index in [1.165, 1.54) is 11.1 Å². The SMILES string of the molecule is CCc1ccc(OCCCC(=O)N/N=C/c2ccc(OCCc3ccccc3)c(OC)c2)c(Br)c1. The summed E-state index contributed by atoms with van der Waals surface area (Å²) < 4.78 is 18.0. The molecule has 3 rings (SSSR count). The van der Waals surface area contributed by atoms with Gasteiger partial charge in [0.15, 0.2) is 11.5 Å². The Morgan fingerprint density at radius 3 is 2.46 bits per heavy atom. The van der Waals surface area contributed by atoms with Gasteiger partial charge in [0, 0.05) is 12.8 Å². The first-order valence-corrected chi connectivity index (χ1v) is 12.5. The van der Waals surface area contributed by atoms with Crippen LogP contribution in [0.1, 0.15) is 36.5 Å². The standard InChI is InChI=1S/C28H31BrN2O4/c1-3-21-11-13-25(24(29)18-21)34-16-7-10-28(32)31-30-20-23-12-14-26(27(19-23)33-2)35-17-15-22-8-5-4-6-9-22/h4-6,8-9,11-14,18-20H,3,7,10,15-17H2,1-2H3,(H,31,32)/b30-20+. The van der Waals surface area contributed by atoms with Gasteiger partial charge in [-0.15, -0.1) is 0 Å². The lowest BCUT2D eigenvalue weighted by molar-refractivity contribution is -0.121. The van der Waals surface area contributed by atoms with Crippen LogP contribution in [0.3, 0.4) is 0 Å². The highest BCUT2D eigenvalue weighted by atomic mass is 79.9. The number of hydrogen-bond donors (Lipinski definition) is 1. The first-order chi connectivity index (χ1) is 17.1. The monoisotopic (exact) mass is 538 g/mol. The van der Waals surface area contributed by atoms with Gasteiger partial charge in [-0.1, -0.05) is 43.3 Å². The van der Waals surface area contributed by atoms with E-state index >= 15 is 0 Å². The molecule has 0 unspecified atom stereocenters. The van der Waals surface area contributed by atoms with Gasteiger partial charge in [-0.25, -0.2) is 5.43 Å². The van der Waals surface area contributed by atoms with Gasteiger partial charge in [-0.2, -0.15) is 5.10 Å². The summed E-state index contributed by atoms with van der Waals surface area (Å²) >= 11 is 3.52. The number of halogens is 1. The molecule has 0 saturated carbocycles. The maximum Gasteiger partial charge on any atom is 0.240 e. The molecule has 0 saturated heterocycles. The number of nitrogens with one attached hydrogen (secondary N) is 1. The Hall–Kier alpha value is -3.32. The second-order valence-electron chi connectivity index (χ2n) is 7.86. The molecule has 1 amide bonds. The van der Waals surface area contributed by atoms with E-state index in [-0.39, 0.29) is 5.91 Å². The number of carbonyl (C=O) groups excluding carboxylic acids is 1. The van der Waals surface area contributed by atoms with Crippen LogP contribution >= 0.6 is 15.9 Å². The van der Waals surface area contributed by atoms with Gasteiger partial charge in [0.1, 0.15) is 5.75 Å². The minimum atomic E-state index is -0.168. The Kier molecular flexibility index (Phi) is 10.6. The van der Waals surface area contributed by atoms with Gasteiger partial charge in [-0.3, -0.25) is 4.79 Å². The van der Waals surface area contributed by atoms with E-state index in [1.54, 1.807) is 13.3 Å². The minimum Gasteiger partial charge on any atom is -0.493 e. The first-order valence-electron chi connectivity index (χ1n) is 11.7. The van der Waals surface area contributed by atoms with Crippen LogP contribution in [0.5, 0.6) is 17.2 Å². The van der Waals surface area contributed by atoms with Crippen LogP contribution in [0.2, 0.25) is 0 Å². The number of ether oxygens (including phenoxy) is 3. The summed E-state index contributed by atoms with van der Waals surface area (Å²) in [5.74, 6) is 1.89. The zero-order valence-corrected chi connectivity index (χ0v) is 21.7. The van der Waals surface area contributed by atoms with Crippen LogP contribution in [-0.4, -0.2) is 32.4 Å². The molecule has 0 atom stereocenters. The molecule has 3 aromatic carbocycles. The van der Waals surface area contributed by atoms with Gasteiger partial charge in [0.05, 0.1) is 31.0 Å². The summed E-state index contributed by atoms with van der Waals surface area (Å²) in [4.78, 5) is 12.1. The third-order valence-corrected chi connectivity index (χ3v) is 5.91. The van der Waals surface area contributed by atoms with E-state index in [9.17, 15) is 4.79 Å². The number of rotatable bonds is 13. The van der Waals surface area contributed by atoms with Crippen molar-refractivity contribution in [1.82, 2.24) is 5.43 Å². The van der Waals surface area contributed by atoms with Crippen LogP contribution in [0.4, 0.5) is 0 Å². The van der Waals surface area contributed by atoms with Gasteiger partial charge >= 0.3 is 0 Å². The first kappa shape index (κ1) is 26.3. The molecule has 6 nitrogen and oxygen atoms in total. The highest BCUT2D eigenvalue weighted by Crippen LogP contribution is 2.28. The van der Waals surface area contributed by atoms with Crippen LogP contribution < -0.4 is 19.6 Å². The molecular formula is C28H31BrN2O4. The average Bonchev–Trinajstić information content (AvgIpc) is 2.88. The van der Waals surface area contributed by atoms with E-state index in [2.05, 4.69) is 51.6 Å². The van der Waals surface area contributed by atoms with Crippen molar-refractivity contribution in [3.05, 3.63) is 87.9 Å². The predicted molar refractivity (Wildman–Crippen MR) is 143 cm³/mol. The molecule has 0 aliphatic rings. The maximum atomic E-state index is 12.1. The van der Waals surface area contributed by atoms with E-state index in [4.69, 9.17) is 14.2 Å². The molecule has 0 aromatic heterocycles. The fourth-order valence-corrected chi connectivity index (χ4v) is 3.88. The molecule has 184 valence electrons. The van der Waals surface area contributed by atoms with Crippen molar-refractivity contribution >= 4 is 28.1 Å². The lowest BCUT2D eigenvalue weighted by Crippen LogP contribution is -2.18. The largest absolute Gasteiger partial charge is 0.493 e. The Morgan fingerprint density at radius 1 is 0.943 bits per heavy atom. The lowest BCUT2D eigenvalue weighted by atomic mass is 10.2. The smallest absolute Gasteiger partial charge is 0.240 e. The van der Waals surface area contributed by atoms with Crippen LogP contribution in [-0.2, 0) is 17.6 Å². The number of hydrazone groups is 1. The molecule has 3 aromatic rings. The average molecular weight is 539 g/mol. The molecule has 0 fully saturated rings. The Labute approximate surface area is 215 Å². The molecule has 0 aliphatic heterocycles. The van der Waals surface area contributed by atoms with Gasteiger partial charge in [-0.05, 0) is 75.8 Å². The van der Waals surface area contributed by atoms with E-state index in [0.29, 0.717) is 37.6 Å². The molecule has 0 radical (unpaired) electrons. The summed E-state index contributed by atoms with van der Waals surface area (Å²) in [6.45, 7) is 3.11. The summed E-state index contributed by atoms with van der Waals surface area (Å²) in [6, 6.07) is 21.7. The van der Waals surface area contributed by atoms with Gasteiger partial charge in [0.25, 0.3) is 0 Å². The number of carbonyl (C=O) groups is 1. The van der Waals surface area contributed by atoms with Crippen molar-refractivity contribution in [2.45, 2.75) is 32.6 Å². The second kappa shape index (κ2) is 14.2. The van der Waals surface area contributed by atoms with Crippen molar-refractivity contribution in [1.29, 1.82) is 0 Å². The van der Waals surface area contributed by atoms with Gasteiger partial charge < -0.3 is 14.2 Å². The van der Waals surface area contributed by atoms with Crippen molar-refractivity contribution in [3.63, 3.8) is 0 Å². The maximum absolute atomic E-state index is 12.1. The summed E-state index contributed by atoms with van der Waals surface area (Å²) in [5.41, 5.74) is 5.81. The number of methoxy groups -OCH3 is 1. The fraction of sp³-hybridized carbons (Fsp3) is 0.286. The molecular weight excluding hydrogens is 508 g/mol. The Bertz CT molecular complexity index is 1120. The Balaban J connectivity index is 1.39. The summed E-state index contributed by atoms with van der Waals surface area (Å²) in [7, 11) is 1.60. The number of nitrogens with zero attached hydrogens (tertiary/aromatic N) is 1. The molecule has 0 spiro atoms. The number of benzene rings is 3. The van der Waals surface area contributed by atoms with Crippen LogP contribution in [0.15, 0.2) is 76.3 Å².